The van der Waals surface area contributed by atoms with E-state index in [-0.39, 0.29) is 0 Å². The predicted octanol–water partition coefficient (Wildman–Crippen LogP) is 10.0. The van der Waals surface area contributed by atoms with Gasteiger partial charge in [-0.3, -0.25) is 0 Å². The van der Waals surface area contributed by atoms with Crippen LogP contribution in [-0.2, 0) is 8.85 Å². The van der Waals surface area contributed by atoms with Gasteiger partial charge in [-0.2, -0.15) is 0 Å². The smallest absolute Gasteiger partial charge is 0.334 e. The fourth-order valence-electron chi connectivity index (χ4n) is 5.37. The lowest BCUT2D eigenvalue weighted by Gasteiger charge is -2.36. The molecule has 0 unspecified atom stereocenters. The summed E-state index contributed by atoms with van der Waals surface area (Å²) in [5.74, 6) is 0. The number of hydrogen-bond donors (Lipinski definition) is 0. The quantitative estimate of drug-likeness (QED) is 0.0587. The van der Waals surface area contributed by atoms with Crippen molar-refractivity contribution in [2.24, 2.45) is 0 Å². The summed E-state index contributed by atoms with van der Waals surface area (Å²) in [5.41, 5.74) is 0. The Balaban J connectivity index is 4.20. The van der Waals surface area contributed by atoms with Crippen molar-refractivity contribution < 1.29 is 13.3 Å². The molecule has 212 valence electrons. The minimum Gasteiger partial charge on any atom is -0.398 e. The molecule has 3 nitrogen and oxygen atoms in total. The monoisotopic (exact) mass is 515 g/mol. The number of rotatable bonds is 28. The van der Waals surface area contributed by atoms with E-state index < -0.39 is 8.56 Å². The fourth-order valence-corrected chi connectivity index (χ4v) is 6.74. The maximum atomic E-state index is 5.75. The van der Waals surface area contributed by atoms with Crippen molar-refractivity contribution in [3.63, 3.8) is 0 Å². The molecule has 0 saturated carbocycles. The Kier molecular flexibility index (Phi) is 24.5. The van der Waals surface area contributed by atoms with Gasteiger partial charge in [0.2, 0.25) is 0 Å². The second-order valence-electron chi connectivity index (χ2n) is 11.8. The highest BCUT2D eigenvalue weighted by molar-refractivity contribution is 6.65. The van der Waals surface area contributed by atoms with E-state index in [0.717, 1.165) is 6.04 Å². The lowest BCUT2D eigenvalue weighted by atomic mass is 10.1. The highest BCUT2D eigenvalue weighted by Crippen LogP contribution is 2.19. The first-order valence-corrected chi connectivity index (χ1v) is 18.4. The Bertz CT molecular complexity index is 404. The van der Waals surface area contributed by atoms with E-state index in [0.29, 0.717) is 0 Å². The second-order valence-corrected chi connectivity index (χ2v) is 15.4. The normalized spacial score (nSPS) is 12.5. The van der Waals surface area contributed by atoms with Crippen molar-refractivity contribution in [1.29, 1.82) is 0 Å². The van der Waals surface area contributed by atoms with Crippen LogP contribution >= 0.6 is 0 Å². The van der Waals surface area contributed by atoms with Gasteiger partial charge in [0.05, 0.1) is 26.7 Å². The highest BCUT2D eigenvalue weighted by atomic mass is 28.4. The molecule has 0 aliphatic heterocycles. The van der Waals surface area contributed by atoms with Crippen molar-refractivity contribution >= 4 is 8.56 Å². The lowest BCUT2D eigenvalue weighted by Crippen LogP contribution is -2.47. The first kappa shape index (κ1) is 35.1. The molecule has 0 rings (SSSR count). The van der Waals surface area contributed by atoms with Crippen LogP contribution < -0.4 is 0 Å². The molecular formula is C31H68NO2Si+. The summed E-state index contributed by atoms with van der Waals surface area (Å²) < 4.78 is 12.7. The van der Waals surface area contributed by atoms with Gasteiger partial charge in [-0.15, -0.1) is 0 Å². The minimum atomic E-state index is -1.94. The van der Waals surface area contributed by atoms with E-state index in [2.05, 4.69) is 27.4 Å². The van der Waals surface area contributed by atoms with Crippen LogP contribution in [-0.4, -0.2) is 53.9 Å². The van der Waals surface area contributed by atoms with Crippen LogP contribution in [0.3, 0.4) is 0 Å². The van der Waals surface area contributed by atoms with E-state index in [9.17, 15) is 0 Å². The molecule has 0 aliphatic carbocycles. The Labute approximate surface area is 224 Å². The van der Waals surface area contributed by atoms with Crippen molar-refractivity contribution in [2.45, 2.75) is 161 Å². The molecule has 0 spiro atoms. The van der Waals surface area contributed by atoms with Gasteiger partial charge >= 0.3 is 8.56 Å². The van der Waals surface area contributed by atoms with Crippen LogP contribution in [0.1, 0.15) is 149 Å². The third kappa shape index (κ3) is 21.8. The van der Waals surface area contributed by atoms with Crippen LogP contribution in [0.5, 0.6) is 0 Å². The summed E-state index contributed by atoms with van der Waals surface area (Å²) in [6.07, 6.45) is 29.8. The van der Waals surface area contributed by atoms with E-state index in [1.54, 1.807) is 0 Å². The molecule has 35 heavy (non-hydrogen) atoms. The third-order valence-corrected chi connectivity index (χ3v) is 11.3. The van der Waals surface area contributed by atoms with Crippen LogP contribution in [0.2, 0.25) is 12.6 Å². The summed E-state index contributed by atoms with van der Waals surface area (Å²) >= 11 is 0. The molecule has 0 aromatic heterocycles. The topological polar surface area (TPSA) is 18.5 Å². The molecule has 0 N–H and O–H groups in total. The molecule has 0 atom stereocenters. The predicted molar refractivity (Wildman–Crippen MR) is 160 cm³/mol. The first-order chi connectivity index (χ1) is 16.9. The van der Waals surface area contributed by atoms with Crippen LogP contribution in [0.4, 0.5) is 0 Å². The molecule has 0 aromatic rings. The Morgan fingerprint density at radius 1 is 0.457 bits per heavy atom. The van der Waals surface area contributed by atoms with Gasteiger partial charge < -0.3 is 13.3 Å². The van der Waals surface area contributed by atoms with Gasteiger partial charge in [-0.25, -0.2) is 0 Å². The summed E-state index contributed by atoms with van der Waals surface area (Å²) in [6, 6.07) is 1.11. The van der Waals surface area contributed by atoms with Crippen molar-refractivity contribution in [3.05, 3.63) is 0 Å². The average molecular weight is 515 g/mol. The van der Waals surface area contributed by atoms with Crippen molar-refractivity contribution in [3.8, 4) is 0 Å². The molecule has 0 aromatic carbocycles. The maximum Gasteiger partial charge on any atom is 0.334 e. The standard InChI is InChI=1S/C31H68NO2Si/c1-7-9-11-13-15-17-19-21-23-25-28-32(3,30-27-31-35(6,33-4)34-5)29-26-24-22-20-18-16-14-12-10-8-2/h7-31H2,1-6H3/q+1. The summed E-state index contributed by atoms with van der Waals surface area (Å²) in [4.78, 5) is 0. The Hall–Kier alpha value is 0.0969. The zero-order valence-corrected chi connectivity index (χ0v) is 26.4. The van der Waals surface area contributed by atoms with Gasteiger partial charge in [-0.1, -0.05) is 117 Å². The molecule has 4 heteroatoms. The van der Waals surface area contributed by atoms with Crippen molar-refractivity contribution in [2.75, 3.05) is 40.9 Å². The van der Waals surface area contributed by atoms with E-state index in [4.69, 9.17) is 8.85 Å². The zero-order chi connectivity index (χ0) is 26.1. The van der Waals surface area contributed by atoms with E-state index in [1.807, 2.05) is 14.2 Å². The molecule has 0 bridgehead atoms. The van der Waals surface area contributed by atoms with Gasteiger partial charge in [0.15, 0.2) is 0 Å². The average Bonchev–Trinajstić information content (AvgIpc) is 2.86. The fraction of sp³-hybridized carbons (Fsp3) is 1.00. The highest BCUT2D eigenvalue weighted by Gasteiger charge is 2.30. The van der Waals surface area contributed by atoms with E-state index in [1.165, 1.54) is 159 Å². The number of nitrogens with zero attached hydrogens (tertiary/aromatic N) is 1. The summed E-state index contributed by atoms with van der Waals surface area (Å²) in [7, 11) is 4.25. The number of hydrogen-bond acceptors (Lipinski definition) is 2. The molecule has 0 amide bonds. The second kappa shape index (κ2) is 24.4. The van der Waals surface area contributed by atoms with Gasteiger partial charge in [0, 0.05) is 14.2 Å². The van der Waals surface area contributed by atoms with Crippen LogP contribution in [0.25, 0.3) is 0 Å². The SMILES string of the molecule is CCCCCCCCCCCC[N+](C)(CCCCCCCCCCCC)CCC[Si](C)(OC)OC. The van der Waals surface area contributed by atoms with Gasteiger partial charge in [0.25, 0.3) is 0 Å². The first-order valence-electron chi connectivity index (χ1n) is 15.9. The maximum absolute atomic E-state index is 5.75. The minimum absolute atomic E-state index is 1.11. The van der Waals surface area contributed by atoms with E-state index >= 15 is 0 Å². The number of unbranched alkanes of at least 4 members (excludes halogenated alkanes) is 18. The van der Waals surface area contributed by atoms with Crippen LogP contribution in [0, 0.1) is 0 Å². The van der Waals surface area contributed by atoms with Gasteiger partial charge in [-0.05, 0) is 44.7 Å². The number of quaternary nitrogens is 1. The van der Waals surface area contributed by atoms with Crippen LogP contribution in [0.15, 0.2) is 0 Å². The summed E-state index contributed by atoms with van der Waals surface area (Å²) in [6.45, 7) is 10.8. The summed E-state index contributed by atoms with van der Waals surface area (Å²) in [5, 5.41) is 0. The molecule has 0 fully saturated rings. The molecular weight excluding hydrogens is 446 g/mol. The zero-order valence-electron chi connectivity index (χ0n) is 25.4. The molecule has 0 heterocycles. The third-order valence-electron chi connectivity index (χ3n) is 8.30. The molecule has 0 aliphatic rings. The largest absolute Gasteiger partial charge is 0.398 e. The molecule has 0 saturated heterocycles. The Morgan fingerprint density at radius 3 is 1.06 bits per heavy atom. The Morgan fingerprint density at radius 2 is 0.743 bits per heavy atom. The lowest BCUT2D eigenvalue weighted by molar-refractivity contribution is -0.910. The van der Waals surface area contributed by atoms with Crippen molar-refractivity contribution in [1.82, 2.24) is 0 Å². The van der Waals surface area contributed by atoms with Gasteiger partial charge in [0.1, 0.15) is 0 Å². The molecule has 0 radical (unpaired) electrons.